The van der Waals surface area contributed by atoms with E-state index >= 15 is 0 Å². The lowest BCUT2D eigenvalue weighted by Crippen LogP contribution is -2.48. The molecule has 0 aliphatic carbocycles. The zero-order valence-electron chi connectivity index (χ0n) is 13.2. The first-order valence-electron chi connectivity index (χ1n) is 7.70. The second-order valence-corrected chi connectivity index (χ2v) is 6.27. The fraction of sp³-hybridized carbons (Fsp3) is 0.733. The summed E-state index contributed by atoms with van der Waals surface area (Å²) in [5, 5.41) is 17.3. The molecule has 1 aliphatic rings. The van der Waals surface area contributed by atoms with Gasteiger partial charge in [0.2, 0.25) is 5.91 Å². The average Bonchev–Trinajstić information content (AvgIpc) is 2.99. The molecule has 1 aromatic heterocycles. The van der Waals surface area contributed by atoms with Crippen LogP contribution in [0.5, 0.6) is 0 Å². The molecule has 0 spiro atoms. The lowest BCUT2D eigenvalue weighted by Gasteiger charge is -2.33. The van der Waals surface area contributed by atoms with Gasteiger partial charge in [0, 0.05) is 18.7 Å². The number of amides is 1. The number of carbonyl (C=O) groups excluding carboxylic acids is 1. The Bertz CT molecular complexity index is 478. The van der Waals surface area contributed by atoms with Crippen LogP contribution in [0.2, 0.25) is 0 Å². The van der Waals surface area contributed by atoms with Gasteiger partial charge in [0.15, 0.2) is 0 Å². The number of likely N-dealkylation sites (tertiary alicyclic amines) is 1. The maximum atomic E-state index is 12.2. The van der Waals surface area contributed by atoms with Gasteiger partial charge in [-0.25, -0.2) is 4.68 Å². The fourth-order valence-corrected chi connectivity index (χ4v) is 3.01. The first-order chi connectivity index (χ1) is 9.91. The Morgan fingerprint density at radius 1 is 1.57 bits per heavy atom. The van der Waals surface area contributed by atoms with Crippen molar-refractivity contribution in [3.05, 3.63) is 12.3 Å². The molecule has 2 rings (SSSR count). The van der Waals surface area contributed by atoms with Crippen LogP contribution in [0.4, 0.5) is 5.82 Å². The molecule has 1 fully saturated rings. The second kappa shape index (κ2) is 6.58. The Hall–Kier alpha value is -1.40. The van der Waals surface area contributed by atoms with Crippen molar-refractivity contribution >= 4 is 11.7 Å². The number of nitrogens with zero attached hydrogens (tertiary/aromatic N) is 3. The summed E-state index contributed by atoms with van der Waals surface area (Å²) in [6.45, 7) is 7.65. The van der Waals surface area contributed by atoms with Gasteiger partial charge in [-0.15, -0.1) is 0 Å². The van der Waals surface area contributed by atoms with Gasteiger partial charge < -0.3 is 10.4 Å². The van der Waals surface area contributed by atoms with Crippen molar-refractivity contribution in [2.24, 2.45) is 0 Å². The maximum Gasteiger partial charge on any atom is 0.239 e. The van der Waals surface area contributed by atoms with Gasteiger partial charge in [0.1, 0.15) is 5.82 Å². The maximum absolute atomic E-state index is 12.2. The Morgan fingerprint density at radius 2 is 2.33 bits per heavy atom. The number of anilines is 1. The first kappa shape index (κ1) is 16.0. The highest BCUT2D eigenvalue weighted by Gasteiger charge is 2.36. The van der Waals surface area contributed by atoms with Crippen molar-refractivity contribution in [2.75, 3.05) is 18.4 Å². The normalized spacial score (nSPS) is 19.9. The van der Waals surface area contributed by atoms with E-state index in [1.165, 1.54) is 0 Å². The topological polar surface area (TPSA) is 70.4 Å². The minimum absolute atomic E-state index is 0.0452. The predicted octanol–water partition coefficient (Wildman–Crippen LogP) is 1.47. The Kier molecular flexibility index (Phi) is 5.00. The Labute approximate surface area is 126 Å². The third-order valence-electron chi connectivity index (χ3n) is 3.95. The molecule has 2 N–H and O–H groups in total. The van der Waals surface area contributed by atoms with Gasteiger partial charge in [0.25, 0.3) is 0 Å². The molecule has 1 atom stereocenters. The summed E-state index contributed by atoms with van der Waals surface area (Å²) in [5.74, 6) is 0.685. The van der Waals surface area contributed by atoms with Crippen LogP contribution in [0, 0.1) is 0 Å². The summed E-state index contributed by atoms with van der Waals surface area (Å²) in [7, 11) is 0. The van der Waals surface area contributed by atoms with Crippen LogP contribution >= 0.6 is 0 Å². The van der Waals surface area contributed by atoms with E-state index in [1.807, 2.05) is 19.9 Å². The number of aryl methyl sites for hydroxylation is 1. The van der Waals surface area contributed by atoms with Gasteiger partial charge in [0.05, 0.1) is 18.3 Å². The average molecular weight is 294 g/mol. The van der Waals surface area contributed by atoms with E-state index < -0.39 is 5.60 Å². The zero-order chi connectivity index (χ0) is 15.5. The quantitative estimate of drug-likeness (QED) is 0.833. The van der Waals surface area contributed by atoms with Crippen molar-refractivity contribution in [2.45, 2.75) is 58.2 Å². The lowest BCUT2D eigenvalue weighted by atomic mass is 9.97. The van der Waals surface area contributed by atoms with Gasteiger partial charge >= 0.3 is 0 Å². The number of carbonyl (C=O) groups is 1. The lowest BCUT2D eigenvalue weighted by molar-refractivity contribution is -0.118. The van der Waals surface area contributed by atoms with Crippen LogP contribution in [-0.2, 0) is 11.3 Å². The second-order valence-electron chi connectivity index (χ2n) is 6.27. The van der Waals surface area contributed by atoms with Crippen molar-refractivity contribution in [1.82, 2.24) is 14.7 Å². The van der Waals surface area contributed by atoms with E-state index in [9.17, 15) is 9.90 Å². The molecule has 2 heterocycles. The molecule has 1 aromatic rings. The monoisotopic (exact) mass is 294 g/mol. The van der Waals surface area contributed by atoms with Gasteiger partial charge in [-0.1, -0.05) is 6.92 Å². The van der Waals surface area contributed by atoms with Crippen LogP contribution in [0.3, 0.4) is 0 Å². The molecule has 1 saturated heterocycles. The molecule has 0 bridgehead atoms. The molecule has 1 unspecified atom stereocenters. The van der Waals surface area contributed by atoms with Crippen molar-refractivity contribution in [3.8, 4) is 0 Å². The number of hydrogen-bond donors (Lipinski definition) is 2. The van der Waals surface area contributed by atoms with E-state index in [1.54, 1.807) is 10.9 Å². The molecule has 118 valence electrons. The SMILES string of the molecule is CCCn1nccc1NC(=O)CN1CCCC1C(C)(C)O. The van der Waals surface area contributed by atoms with Gasteiger partial charge in [-0.3, -0.25) is 9.69 Å². The highest BCUT2D eigenvalue weighted by atomic mass is 16.3. The number of rotatable bonds is 6. The first-order valence-corrected chi connectivity index (χ1v) is 7.70. The Balaban J connectivity index is 1.94. The largest absolute Gasteiger partial charge is 0.389 e. The number of hydrogen-bond acceptors (Lipinski definition) is 4. The molecular weight excluding hydrogens is 268 g/mol. The third kappa shape index (κ3) is 4.04. The molecule has 6 heteroatoms. The highest BCUT2D eigenvalue weighted by Crippen LogP contribution is 2.26. The number of aliphatic hydroxyl groups is 1. The van der Waals surface area contributed by atoms with Gasteiger partial charge in [-0.2, -0.15) is 5.10 Å². The van der Waals surface area contributed by atoms with Crippen molar-refractivity contribution < 1.29 is 9.90 Å². The van der Waals surface area contributed by atoms with Crippen molar-refractivity contribution in [1.29, 1.82) is 0 Å². The van der Waals surface area contributed by atoms with Crippen LogP contribution in [0.25, 0.3) is 0 Å². The fourth-order valence-electron chi connectivity index (χ4n) is 3.01. The molecular formula is C15H26N4O2. The summed E-state index contributed by atoms with van der Waals surface area (Å²) in [5.41, 5.74) is -0.777. The summed E-state index contributed by atoms with van der Waals surface area (Å²) in [4.78, 5) is 14.3. The molecule has 1 amide bonds. The summed E-state index contributed by atoms with van der Waals surface area (Å²) >= 11 is 0. The van der Waals surface area contributed by atoms with E-state index in [-0.39, 0.29) is 11.9 Å². The van der Waals surface area contributed by atoms with Crippen LogP contribution in [-0.4, -0.2) is 50.4 Å². The molecule has 21 heavy (non-hydrogen) atoms. The highest BCUT2D eigenvalue weighted by molar-refractivity contribution is 5.91. The summed E-state index contributed by atoms with van der Waals surface area (Å²) in [6.07, 6.45) is 4.62. The zero-order valence-corrected chi connectivity index (χ0v) is 13.2. The van der Waals surface area contributed by atoms with Crippen molar-refractivity contribution in [3.63, 3.8) is 0 Å². The van der Waals surface area contributed by atoms with E-state index in [0.29, 0.717) is 6.54 Å². The van der Waals surface area contributed by atoms with Crippen LogP contribution in [0.15, 0.2) is 12.3 Å². The van der Waals surface area contributed by atoms with E-state index in [4.69, 9.17) is 0 Å². The minimum Gasteiger partial charge on any atom is -0.389 e. The molecule has 6 nitrogen and oxygen atoms in total. The molecule has 0 saturated carbocycles. The Morgan fingerprint density at radius 3 is 3.00 bits per heavy atom. The number of nitrogens with one attached hydrogen (secondary N) is 1. The smallest absolute Gasteiger partial charge is 0.239 e. The molecule has 1 aliphatic heterocycles. The molecule has 0 radical (unpaired) electrons. The minimum atomic E-state index is -0.777. The summed E-state index contributed by atoms with van der Waals surface area (Å²) in [6, 6.07) is 1.86. The van der Waals surface area contributed by atoms with Crippen LogP contribution < -0.4 is 5.32 Å². The number of aromatic nitrogens is 2. The predicted molar refractivity (Wildman–Crippen MR) is 82.0 cm³/mol. The third-order valence-corrected chi connectivity index (χ3v) is 3.95. The molecule has 0 aromatic carbocycles. The van der Waals surface area contributed by atoms with Crippen LogP contribution in [0.1, 0.15) is 40.0 Å². The van der Waals surface area contributed by atoms with E-state index in [0.717, 1.165) is 38.2 Å². The summed E-state index contributed by atoms with van der Waals surface area (Å²) < 4.78 is 1.80. The van der Waals surface area contributed by atoms with Gasteiger partial charge in [-0.05, 0) is 39.7 Å². The van der Waals surface area contributed by atoms with E-state index in [2.05, 4.69) is 22.2 Å². The standard InChI is InChI=1S/C15H26N4O2/c1-4-9-19-13(7-8-16-19)17-14(20)11-18-10-5-6-12(18)15(2,3)21/h7-8,12,21H,4-6,9-11H2,1-3H3,(H,17,20).